The maximum Gasteiger partial charge on any atom is 0.248 e. The van der Waals surface area contributed by atoms with Gasteiger partial charge in [-0.15, -0.1) is 10.2 Å². The van der Waals surface area contributed by atoms with E-state index in [4.69, 9.17) is 4.42 Å². The lowest BCUT2D eigenvalue weighted by atomic mass is 10.2. The standard InChI is InChI=1S/C10H9BrIN3O/c1-13-5-9-14-15-10(16-9)7-4-6(11)2-3-8(7)12/h2-4,13H,5H2,1H3. The van der Waals surface area contributed by atoms with Crippen LogP contribution in [0.15, 0.2) is 27.1 Å². The minimum Gasteiger partial charge on any atom is -0.419 e. The van der Waals surface area contributed by atoms with Crippen molar-refractivity contribution in [2.24, 2.45) is 0 Å². The highest BCUT2D eigenvalue weighted by Crippen LogP contribution is 2.27. The lowest BCUT2D eigenvalue weighted by molar-refractivity contribution is 0.490. The lowest BCUT2D eigenvalue weighted by Gasteiger charge is -1.99. The molecule has 0 atom stereocenters. The van der Waals surface area contributed by atoms with Gasteiger partial charge in [0.15, 0.2) is 0 Å². The molecule has 0 aliphatic heterocycles. The Balaban J connectivity index is 2.38. The number of benzene rings is 1. The molecule has 0 unspecified atom stereocenters. The van der Waals surface area contributed by atoms with E-state index in [2.05, 4.69) is 54.0 Å². The Morgan fingerprint density at radius 1 is 1.44 bits per heavy atom. The summed E-state index contributed by atoms with van der Waals surface area (Å²) in [4.78, 5) is 0. The monoisotopic (exact) mass is 393 g/mol. The number of nitrogens with one attached hydrogen (secondary N) is 1. The summed E-state index contributed by atoms with van der Waals surface area (Å²) in [6.45, 7) is 0.581. The Morgan fingerprint density at radius 3 is 3.00 bits per heavy atom. The number of rotatable bonds is 3. The van der Waals surface area contributed by atoms with E-state index in [9.17, 15) is 0 Å². The molecule has 0 saturated heterocycles. The van der Waals surface area contributed by atoms with E-state index in [0.717, 1.165) is 13.6 Å². The van der Waals surface area contributed by atoms with Crippen LogP contribution in [0.3, 0.4) is 0 Å². The van der Waals surface area contributed by atoms with Crippen molar-refractivity contribution >= 4 is 38.5 Å². The van der Waals surface area contributed by atoms with Gasteiger partial charge < -0.3 is 9.73 Å². The Kier molecular flexibility index (Phi) is 3.93. The molecule has 0 amide bonds. The third kappa shape index (κ3) is 2.61. The Bertz CT molecular complexity index is 501. The van der Waals surface area contributed by atoms with E-state index < -0.39 is 0 Å². The van der Waals surface area contributed by atoms with Crippen molar-refractivity contribution in [3.63, 3.8) is 0 Å². The van der Waals surface area contributed by atoms with Gasteiger partial charge in [-0.1, -0.05) is 15.9 Å². The molecule has 2 rings (SSSR count). The molecule has 84 valence electrons. The summed E-state index contributed by atoms with van der Waals surface area (Å²) < 4.78 is 7.62. The van der Waals surface area contributed by atoms with E-state index in [1.165, 1.54) is 0 Å². The maximum atomic E-state index is 5.54. The van der Waals surface area contributed by atoms with Crippen molar-refractivity contribution in [2.75, 3.05) is 7.05 Å². The largest absolute Gasteiger partial charge is 0.419 e. The van der Waals surface area contributed by atoms with Crippen LogP contribution in [0.1, 0.15) is 5.89 Å². The molecule has 2 aromatic rings. The van der Waals surface area contributed by atoms with E-state index in [1.807, 2.05) is 25.2 Å². The molecule has 6 heteroatoms. The van der Waals surface area contributed by atoms with E-state index in [0.29, 0.717) is 18.3 Å². The highest BCUT2D eigenvalue weighted by molar-refractivity contribution is 14.1. The minimum atomic E-state index is 0.552. The van der Waals surface area contributed by atoms with E-state index in [1.54, 1.807) is 0 Å². The highest BCUT2D eigenvalue weighted by Gasteiger charge is 2.11. The molecular formula is C10H9BrIN3O. The maximum absolute atomic E-state index is 5.54. The van der Waals surface area contributed by atoms with Crippen LogP contribution in [-0.4, -0.2) is 17.2 Å². The van der Waals surface area contributed by atoms with Gasteiger partial charge in [-0.3, -0.25) is 0 Å². The van der Waals surface area contributed by atoms with Crippen LogP contribution in [0.2, 0.25) is 0 Å². The predicted molar refractivity (Wildman–Crippen MR) is 72.9 cm³/mol. The number of aromatic nitrogens is 2. The van der Waals surface area contributed by atoms with Gasteiger partial charge >= 0.3 is 0 Å². The Morgan fingerprint density at radius 2 is 2.25 bits per heavy atom. The van der Waals surface area contributed by atoms with Crippen LogP contribution in [-0.2, 0) is 6.54 Å². The average Bonchev–Trinajstić information content (AvgIpc) is 2.71. The third-order valence-electron chi connectivity index (χ3n) is 1.95. The first-order valence-corrected chi connectivity index (χ1v) is 6.50. The van der Waals surface area contributed by atoms with Crippen molar-refractivity contribution in [2.45, 2.75) is 6.54 Å². The summed E-state index contributed by atoms with van der Waals surface area (Å²) in [5.41, 5.74) is 0.949. The van der Waals surface area contributed by atoms with Gasteiger partial charge in [0.1, 0.15) is 0 Å². The fourth-order valence-electron chi connectivity index (χ4n) is 1.25. The second-order valence-electron chi connectivity index (χ2n) is 3.16. The normalized spacial score (nSPS) is 10.7. The van der Waals surface area contributed by atoms with Crippen molar-refractivity contribution in [3.8, 4) is 11.5 Å². The Labute approximate surface area is 115 Å². The molecule has 0 fully saturated rings. The molecule has 0 bridgehead atoms. The van der Waals surface area contributed by atoms with Gasteiger partial charge in [0, 0.05) is 8.04 Å². The molecule has 0 aliphatic rings. The summed E-state index contributed by atoms with van der Waals surface area (Å²) >= 11 is 5.67. The molecule has 1 N–H and O–H groups in total. The third-order valence-corrected chi connectivity index (χ3v) is 3.39. The van der Waals surface area contributed by atoms with Crippen LogP contribution in [0.4, 0.5) is 0 Å². The molecule has 16 heavy (non-hydrogen) atoms. The molecule has 0 saturated carbocycles. The second kappa shape index (κ2) is 5.24. The van der Waals surface area contributed by atoms with Crippen molar-refractivity contribution in [3.05, 3.63) is 32.1 Å². The summed E-state index contributed by atoms with van der Waals surface area (Å²) in [5.74, 6) is 1.14. The summed E-state index contributed by atoms with van der Waals surface area (Å²) in [5, 5.41) is 10.9. The fraction of sp³-hybridized carbons (Fsp3) is 0.200. The fourth-order valence-corrected chi connectivity index (χ4v) is 2.17. The van der Waals surface area contributed by atoms with Crippen LogP contribution < -0.4 is 5.32 Å². The molecular weight excluding hydrogens is 385 g/mol. The smallest absolute Gasteiger partial charge is 0.248 e. The molecule has 4 nitrogen and oxygen atoms in total. The van der Waals surface area contributed by atoms with Gasteiger partial charge in [0.2, 0.25) is 11.8 Å². The quantitative estimate of drug-likeness (QED) is 0.814. The SMILES string of the molecule is CNCc1nnc(-c2cc(Br)ccc2I)o1. The first-order valence-electron chi connectivity index (χ1n) is 4.63. The van der Waals surface area contributed by atoms with Gasteiger partial charge in [0.05, 0.1) is 12.1 Å². The summed E-state index contributed by atoms with van der Waals surface area (Å²) in [6.07, 6.45) is 0. The van der Waals surface area contributed by atoms with E-state index >= 15 is 0 Å². The first kappa shape index (κ1) is 12.0. The van der Waals surface area contributed by atoms with Crippen LogP contribution >= 0.6 is 38.5 Å². The second-order valence-corrected chi connectivity index (χ2v) is 5.23. The molecule has 0 radical (unpaired) electrons. The van der Waals surface area contributed by atoms with Crippen molar-refractivity contribution in [1.29, 1.82) is 0 Å². The van der Waals surface area contributed by atoms with Gasteiger partial charge in [-0.2, -0.15) is 0 Å². The molecule has 0 spiro atoms. The molecule has 1 heterocycles. The number of hydrogen-bond acceptors (Lipinski definition) is 4. The summed E-state index contributed by atoms with van der Waals surface area (Å²) in [7, 11) is 1.84. The topological polar surface area (TPSA) is 51.0 Å². The minimum absolute atomic E-state index is 0.552. The van der Waals surface area contributed by atoms with Crippen LogP contribution in [0.5, 0.6) is 0 Å². The van der Waals surface area contributed by atoms with Crippen LogP contribution in [0, 0.1) is 3.57 Å². The number of nitrogens with zero attached hydrogens (tertiary/aromatic N) is 2. The van der Waals surface area contributed by atoms with Gasteiger partial charge in [-0.05, 0) is 47.8 Å². The number of halogens is 2. The zero-order chi connectivity index (χ0) is 11.5. The predicted octanol–water partition coefficient (Wildman–Crippen LogP) is 2.82. The van der Waals surface area contributed by atoms with E-state index in [-0.39, 0.29) is 0 Å². The number of hydrogen-bond donors (Lipinski definition) is 1. The van der Waals surface area contributed by atoms with Gasteiger partial charge in [0.25, 0.3) is 0 Å². The zero-order valence-electron chi connectivity index (χ0n) is 8.50. The van der Waals surface area contributed by atoms with Crippen LogP contribution in [0.25, 0.3) is 11.5 Å². The zero-order valence-corrected chi connectivity index (χ0v) is 12.2. The highest BCUT2D eigenvalue weighted by atomic mass is 127. The molecule has 0 aliphatic carbocycles. The first-order chi connectivity index (χ1) is 7.70. The Hall–Kier alpha value is -0.470. The molecule has 1 aromatic carbocycles. The molecule has 1 aromatic heterocycles. The van der Waals surface area contributed by atoms with Gasteiger partial charge in [-0.25, -0.2) is 0 Å². The van der Waals surface area contributed by atoms with Crippen molar-refractivity contribution < 1.29 is 4.42 Å². The lowest BCUT2D eigenvalue weighted by Crippen LogP contribution is -2.04. The van der Waals surface area contributed by atoms with Crippen molar-refractivity contribution in [1.82, 2.24) is 15.5 Å². The average molecular weight is 394 g/mol. The summed E-state index contributed by atoms with van der Waals surface area (Å²) in [6, 6.07) is 5.95.